The van der Waals surface area contributed by atoms with Crippen molar-refractivity contribution in [3.05, 3.63) is 53.2 Å². The van der Waals surface area contributed by atoms with E-state index < -0.39 is 0 Å². The van der Waals surface area contributed by atoms with Gasteiger partial charge in [0, 0.05) is 11.6 Å². The van der Waals surface area contributed by atoms with E-state index in [1.807, 2.05) is 12.1 Å². The standard InChI is InChI=1S/C19H18ClN3O3/c20-14-6-4-13(5-7-14)12-26-15-8-9-17(21-11-15)23-18(24)16-3-1-2-10-22(16)19(23)25/h4-9,11,16H,1-3,10,12H2. The molecule has 1 atom stereocenters. The molecule has 7 heteroatoms. The molecule has 3 amide bonds. The Kier molecular flexibility index (Phi) is 4.51. The van der Waals surface area contributed by atoms with Crippen LogP contribution in [0.2, 0.25) is 5.02 Å². The van der Waals surface area contributed by atoms with Crippen LogP contribution in [0.25, 0.3) is 0 Å². The molecule has 0 bridgehead atoms. The molecule has 134 valence electrons. The monoisotopic (exact) mass is 371 g/mol. The van der Waals surface area contributed by atoms with Crippen LogP contribution in [-0.2, 0) is 11.4 Å². The topological polar surface area (TPSA) is 62.7 Å². The van der Waals surface area contributed by atoms with Gasteiger partial charge in [-0.15, -0.1) is 0 Å². The van der Waals surface area contributed by atoms with Crippen molar-refractivity contribution in [3.63, 3.8) is 0 Å². The zero-order valence-electron chi connectivity index (χ0n) is 14.1. The third kappa shape index (κ3) is 3.12. The average Bonchev–Trinajstić information content (AvgIpc) is 2.93. The summed E-state index contributed by atoms with van der Waals surface area (Å²) in [5, 5.41) is 0.677. The number of ether oxygens (including phenoxy) is 1. The Morgan fingerprint density at radius 2 is 1.92 bits per heavy atom. The van der Waals surface area contributed by atoms with Crippen LogP contribution in [0.15, 0.2) is 42.6 Å². The van der Waals surface area contributed by atoms with Crippen LogP contribution >= 0.6 is 11.6 Å². The quantitative estimate of drug-likeness (QED) is 0.770. The van der Waals surface area contributed by atoms with E-state index in [1.54, 1.807) is 29.2 Å². The SMILES string of the molecule is O=C1C2CCCCN2C(=O)N1c1ccc(OCc2ccc(Cl)cc2)cn1. The van der Waals surface area contributed by atoms with Crippen LogP contribution < -0.4 is 9.64 Å². The summed E-state index contributed by atoms with van der Waals surface area (Å²) in [6, 6.07) is 10.1. The molecular formula is C19H18ClN3O3. The van der Waals surface area contributed by atoms with Crippen molar-refractivity contribution in [2.75, 3.05) is 11.4 Å². The number of fused-ring (bicyclic) bond motifs is 1. The van der Waals surface area contributed by atoms with Crippen LogP contribution in [0.3, 0.4) is 0 Å². The summed E-state index contributed by atoms with van der Waals surface area (Å²) < 4.78 is 5.69. The Morgan fingerprint density at radius 3 is 2.62 bits per heavy atom. The number of rotatable bonds is 4. The van der Waals surface area contributed by atoms with Gasteiger partial charge in [-0.2, -0.15) is 0 Å². The van der Waals surface area contributed by atoms with Crippen molar-refractivity contribution in [2.45, 2.75) is 31.9 Å². The molecule has 0 radical (unpaired) electrons. The summed E-state index contributed by atoms with van der Waals surface area (Å²) in [6.45, 7) is 1.02. The second-order valence-electron chi connectivity index (χ2n) is 6.43. The maximum Gasteiger partial charge on any atom is 0.333 e. The molecule has 2 fully saturated rings. The zero-order chi connectivity index (χ0) is 18.1. The highest BCUT2D eigenvalue weighted by Crippen LogP contribution is 2.30. The smallest absolute Gasteiger partial charge is 0.333 e. The van der Waals surface area contributed by atoms with E-state index in [2.05, 4.69) is 4.98 Å². The molecule has 0 N–H and O–H groups in total. The first-order chi connectivity index (χ1) is 12.6. The van der Waals surface area contributed by atoms with Crippen molar-refractivity contribution in [3.8, 4) is 5.75 Å². The lowest BCUT2D eigenvalue weighted by Gasteiger charge is -2.25. The van der Waals surface area contributed by atoms with Crippen LogP contribution in [0, 0.1) is 0 Å². The van der Waals surface area contributed by atoms with Gasteiger partial charge in [-0.25, -0.2) is 14.7 Å². The van der Waals surface area contributed by atoms with E-state index in [0.29, 0.717) is 29.7 Å². The molecule has 4 rings (SSSR count). The van der Waals surface area contributed by atoms with Crippen molar-refractivity contribution in [1.29, 1.82) is 0 Å². The summed E-state index contributed by atoms with van der Waals surface area (Å²) in [7, 11) is 0. The second kappa shape index (κ2) is 6.96. The predicted molar refractivity (Wildman–Crippen MR) is 97.2 cm³/mol. The van der Waals surface area contributed by atoms with Crippen molar-refractivity contribution < 1.29 is 14.3 Å². The van der Waals surface area contributed by atoms with Crippen molar-refractivity contribution in [2.24, 2.45) is 0 Å². The lowest BCUT2D eigenvalue weighted by molar-refractivity contribution is -0.120. The number of pyridine rings is 1. The van der Waals surface area contributed by atoms with Crippen LogP contribution in [0.5, 0.6) is 5.75 Å². The number of carbonyl (C=O) groups is 2. The van der Waals surface area contributed by atoms with Gasteiger partial charge in [0.15, 0.2) is 0 Å². The number of aromatic nitrogens is 1. The maximum atomic E-state index is 12.6. The van der Waals surface area contributed by atoms with Gasteiger partial charge < -0.3 is 9.64 Å². The normalized spacial score (nSPS) is 19.7. The number of urea groups is 1. The van der Waals surface area contributed by atoms with Gasteiger partial charge in [0.1, 0.15) is 24.2 Å². The number of nitrogens with zero attached hydrogens (tertiary/aromatic N) is 3. The predicted octanol–water partition coefficient (Wildman–Crippen LogP) is 3.64. The molecule has 1 aromatic heterocycles. The molecule has 6 nitrogen and oxygen atoms in total. The summed E-state index contributed by atoms with van der Waals surface area (Å²) >= 11 is 5.86. The Morgan fingerprint density at radius 1 is 1.12 bits per heavy atom. The number of amides is 3. The number of anilines is 1. The van der Waals surface area contributed by atoms with Crippen LogP contribution in [0.1, 0.15) is 24.8 Å². The molecule has 2 aliphatic heterocycles. The minimum absolute atomic E-state index is 0.183. The van der Waals surface area contributed by atoms with Crippen LogP contribution in [-0.4, -0.2) is 34.4 Å². The number of imide groups is 1. The molecule has 2 aliphatic rings. The van der Waals surface area contributed by atoms with E-state index in [-0.39, 0.29) is 18.0 Å². The van der Waals surface area contributed by atoms with Crippen molar-refractivity contribution >= 4 is 29.4 Å². The number of piperidine rings is 1. The van der Waals surface area contributed by atoms with Gasteiger partial charge in [0.2, 0.25) is 0 Å². The fourth-order valence-corrected chi connectivity index (χ4v) is 3.46. The highest BCUT2D eigenvalue weighted by Gasteiger charge is 2.47. The highest BCUT2D eigenvalue weighted by atomic mass is 35.5. The fraction of sp³-hybridized carbons (Fsp3) is 0.316. The summed E-state index contributed by atoms with van der Waals surface area (Å²) in [4.78, 5) is 32.2. The Labute approximate surface area is 156 Å². The molecule has 3 heterocycles. The first-order valence-corrected chi connectivity index (χ1v) is 8.99. The molecule has 0 aliphatic carbocycles. The fourth-order valence-electron chi connectivity index (χ4n) is 3.34. The molecule has 1 aromatic carbocycles. The number of benzene rings is 1. The van der Waals surface area contributed by atoms with E-state index in [9.17, 15) is 9.59 Å². The summed E-state index contributed by atoms with van der Waals surface area (Å²) in [6.07, 6.45) is 4.17. The summed E-state index contributed by atoms with van der Waals surface area (Å²) in [5.41, 5.74) is 0.986. The number of hydrogen-bond acceptors (Lipinski definition) is 4. The van der Waals surface area contributed by atoms with Gasteiger partial charge >= 0.3 is 6.03 Å². The van der Waals surface area contributed by atoms with Gasteiger partial charge in [-0.05, 0) is 49.1 Å². The Hall–Kier alpha value is -2.60. The Balaban J connectivity index is 1.45. The van der Waals surface area contributed by atoms with Gasteiger partial charge in [-0.1, -0.05) is 23.7 Å². The van der Waals surface area contributed by atoms with Crippen LogP contribution in [0.4, 0.5) is 10.6 Å². The number of halogens is 1. The first kappa shape index (κ1) is 16.8. The lowest BCUT2D eigenvalue weighted by atomic mass is 10.0. The molecular weight excluding hydrogens is 354 g/mol. The number of carbonyl (C=O) groups excluding carboxylic acids is 2. The molecule has 26 heavy (non-hydrogen) atoms. The number of hydrogen-bond donors (Lipinski definition) is 0. The maximum absolute atomic E-state index is 12.6. The molecule has 1 unspecified atom stereocenters. The van der Waals surface area contributed by atoms with E-state index in [1.165, 1.54) is 11.1 Å². The third-order valence-corrected chi connectivity index (χ3v) is 4.97. The van der Waals surface area contributed by atoms with Gasteiger partial charge in [0.25, 0.3) is 5.91 Å². The molecule has 0 spiro atoms. The minimum Gasteiger partial charge on any atom is -0.487 e. The molecule has 0 saturated carbocycles. The van der Waals surface area contributed by atoms with Gasteiger partial charge in [-0.3, -0.25) is 4.79 Å². The molecule has 2 aromatic rings. The van der Waals surface area contributed by atoms with Gasteiger partial charge in [0.05, 0.1) is 6.20 Å². The van der Waals surface area contributed by atoms with E-state index in [4.69, 9.17) is 16.3 Å². The van der Waals surface area contributed by atoms with Crippen molar-refractivity contribution in [1.82, 2.24) is 9.88 Å². The molecule has 2 saturated heterocycles. The first-order valence-electron chi connectivity index (χ1n) is 8.61. The third-order valence-electron chi connectivity index (χ3n) is 4.71. The lowest BCUT2D eigenvalue weighted by Crippen LogP contribution is -2.39. The largest absolute Gasteiger partial charge is 0.487 e. The zero-order valence-corrected chi connectivity index (χ0v) is 14.9. The second-order valence-corrected chi connectivity index (χ2v) is 6.86. The van der Waals surface area contributed by atoms with E-state index >= 15 is 0 Å². The highest BCUT2D eigenvalue weighted by molar-refractivity contribution is 6.30. The average molecular weight is 372 g/mol. The minimum atomic E-state index is -0.334. The summed E-state index contributed by atoms with van der Waals surface area (Å²) in [5.74, 6) is 0.728. The van der Waals surface area contributed by atoms with E-state index in [0.717, 1.165) is 24.8 Å². The Bertz CT molecular complexity index is 799.